The molecule has 0 spiro atoms. The third kappa shape index (κ3) is 3.68. The highest BCUT2D eigenvalue weighted by Gasteiger charge is 2.25. The highest BCUT2D eigenvalue weighted by molar-refractivity contribution is 5.40. The fourth-order valence-electron chi connectivity index (χ4n) is 2.92. The van der Waals surface area contributed by atoms with Crippen molar-refractivity contribution in [2.45, 2.75) is 6.04 Å². The minimum atomic E-state index is -0.278. The summed E-state index contributed by atoms with van der Waals surface area (Å²) >= 11 is 0. The second-order valence-corrected chi connectivity index (χ2v) is 5.72. The standard InChI is InChI=1S/C18H18N6O/c1-25-16-5-2-14(3-6-16)17(13-20)23-8-10-24(11-9-23)18-7-4-15(12-19)21-22-18/h2-7,17H,8-11H2,1H3. The second kappa shape index (κ2) is 7.61. The van der Waals surface area contributed by atoms with E-state index in [1.54, 1.807) is 13.2 Å². The summed E-state index contributed by atoms with van der Waals surface area (Å²) in [4.78, 5) is 4.28. The van der Waals surface area contributed by atoms with Crippen molar-refractivity contribution in [3.63, 3.8) is 0 Å². The Kier molecular flexibility index (Phi) is 5.08. The lowest BCUT2D eigenvalue weighted by Crippen LogP contribution is -2.47. The van der Waals surface area contributed by atoms with Crippen LogP contribution in [0.2, 0.25) is 0 Å². The van der Waals surface area contributed by atoms with Crippen molar-refractivity contribution in [3.05, 3.63) is 47.7 Å². The van der Waals surface area contributed by atoms with Gasteiger partial charge in [-0.25, -0.2) is 0 Å². The van der Waals surface area contributed by atoms with E-state index >= 15 is 0 Å². The summed E-state index contributed by atoms with van der Waals surface area (Å²) in [5.41, 5.74) is 1.28. The van der Waals surface area contributed by atoms with Crippen LogP contribution in [0.5, 0.6) is 5.75 Å². The molecular formula is C18H18N6O. The molecule has 0 saturated carbocycles. The maximum Gasteiger partial charge on any atom is 0.163 e. The predicted molar refractivity (Wildman–Crippen MR) is 91.9 cm³/mol. The zero-order valence-electron chi connectivity index (χ0n) is 14.0. The first-order valence-electron chi connectivity index (χ1n) is 8.01. The number of hydrogen-bond donors (Lipinski definition) is 0. The number of ether oxygens (including phenoxy) is 1. The molecule has 7 nitrogen and oxygen atoms in total. The van der Waals surface area contributed by atoms with Crippen LogP contribution < -0.4 is 9.64 Å². The molecule has 2 heterocycles. The van der Waals surface area contributed by atoms with E-state index < -0.39 is 0 Å². The Morgan fingerprint density at radius 3 is 2.24 bits per heavy atom. The van der Waals surface area contributed by atoms with Gasteiger partial charge in [0.2, 0.25) is 0 Å². The Hall–Kier alpha value is -3.16. The molecule has 0 aliphatic carbocycles. The van der Waals surface area contributed by atoms with E-state index in [1.807, 2.05) is 36.4 Å². The molecule has 1 fully saturated rings. The van der Waals surface area contributed by atoms with Gasteiger partial charge >= 0.3 is 0 Å². The molecule has 7 heteroatoms. The normalized spacial score (nSPS) is 15.9. The van der Waals surface area contributed by atoms with Crippen LogP contribution in [0, 0.1) is 22.7 Å². The van der Waals surface area contributed by atoms with E-state index in [0.717, 1.165) is 43.3 Å². The number of piperazine rings is 1. The lowest BCUT2D eigenvalue weighted by Gasteiger charge is -2.37. The third-order valence-electron chi connectivity index (χ3n) is 4.32. The summed E-state index contributed by atoms with van der Waals surface area (Å²) in [5, 5.41) is 26.4. The molecule has 1 saturated heterocycles. The monoisotopic (exact) mass is 334 g/mol. The Morgan fingerprint density at radius 1 is 1.00 bits per heavy atom. The second-order valence-electron chi connectivity index (χ2n) is 5.72. The van der Waals surface area contributed by atoms with Gasteiger partial charge in [0.15, 0.2) is 11.5 Å². The zero-order chi connectivity index (χ0) is 17.6. The van der Waals surface area contributed by atoms with Gasteiger partial charge in [-0.05, 0) is 29.8 Å². The lowest BCUT2D eigenvalue weighted by atomic mass is 10.1. The fourth-order valence-corrected chi connectivity index (χ4v) is 2.92. The van der Waals surface area contributed by atoms with Crippen molar-refractivity contribution in [3.8, 4) is 17.9 Å². The number of methoxy groups -OCH3 is 1. The van der Waals surface area contributed by atoms with Crippen LogP contribution >= 0.6 is 0 Å². The molecular weight excluding hydrogens is 316 g/mol. The molecule has 1 aromatic carbocycles. The van der Waals surface area contributed by atoms with E-state index in [4.69, 9.17) is 10.00 Å². The van der Waals surface area contributed by atoms with Crippen LogP contribution in [-0.4, -0.2) is 48.4 Å². The van der Waals surface area contributed by atoms with Crippen molar-refractivity contribution in [1.82, 2.24) is 15.1 Å². The summed E-state index contributed by atoms with van der Waals surface area (Å²) in [7, 11) is 1.63. The number of hydrogen-bond acceptors (Lipinski definition) is 7. The van der Waals surface area contributed by atoms with Crippen LogP contribution in [0.4, 0.5) is 5.82 Å². The van der Waals surface area contributed by atoms with Crippen molar-refractivity contribution >= 4 is 5.82 Å². The van der Waals surface area contributed by atoms with Gasteiger partial charge in [-0.2, -0.15) is 10.5 Å². The van der Waals surface area contributed by atoms with E-state index in [9.17, 15) is 5.26 Å². The van der Waals surface area contributed by atoms with E-state index in [1.165, 1.54) is 0 Å². The first-order valence-corrected chi connectivity index (χ1v) is 8.01. The molecule has 1 unspecified atom stereocenters. The van der Waals surface area contributed by atoms with Crippen LogP contribution in [0.15, 0.2) is 36.4 Å². The number of nitrogens with zero attached hydrogens (tertiary/aromatic N) is 6. The van der Waals surface area contributed by atoms with Gasteiger partial charge < -0.3 is 9.64 Å². The Labute approximate surface area is 146 Å². The predicted octanol–water partition coefficient (Wildman–Crippen LogP) is 1.74. The molecule has 0 bridgehead atoms. The van der Waals surface area contributed by atoms with Crippen LogP contribution in [0.3, 0.4) is 0 Å². The zero-order valence-corrected chi connectivity index (χ0v) is 14.0. The minimum absolute atomic E-state index is 0.278. The maximum atomic E-state index is 9.61. The molecule has 1 aromatic heterocycles. The molecule has 1 aliphatic heterocycles. The van der Waals surface area contributed by atoms with Gasteiger partial charge in [-0.3, -0.25) is 4.90 Å². The first-order chi connectivity index (χ1) is 12.2. The lowest BCUT2D eigenvalue weighted by molar-refractivity contribution is 0.221. The Morgan fingerprint density at radius 2 is 1.72 bits per heavy atom. The molecule has 2 aromatic rings. The highest BCUT2D eigenvalue weighted by Crippen LogP contribution is 2.24. The Balaban J connectivity index is 1.65. The average molecular weight is 334 g/mol. The maximum absolute atomic E-state index is 9.61. The van der Waals surface area contributed by atoms with Gasteiger partial charge in [0.1, 0.15) is 17.9 Å². The van der Waals surface area contributed by atoms with Crippen molar-refractivity contribution in [1.29, 1.82) is 10.5 Å². The largest absolute Gasteiger partial charge is 0.497 e. The van der Waals surface area contributed by atoms with Gasteiger partial charge in [0.05, 0.1) is 13.2 Å². The number of benzene rings is 1. The molecule has 1 atom stereocenters. The molecule has 3 rings (SSSR count). The Bertz CT molecular complexity index is 782. The number of aromatic nitrogens is 2. The van der Waals surface area contributed by atoms with Gasteiger partial charge in [-0.1, -0.05) is 12.1 Å². The number of anilines is 1. The molecule has 1 aliphatic rings. The van der Waals surface area contributed by atoms with E-state index in [2.05, 4.69) is 26.1 Å². The third-order valence-corrected chi connectivity index (χ3v) is 4.32. The van der Waals surface area contributed by atoms with Crippen molar-refractivity contribution in [2.75, 3.05) is 38.2 Å². The minimum Gasteiger partial charge on any atom is -0.497 e. The molecule has 25 heavy (non-hydrogen) atoms. The topological polar surface area (TPSA) is 89.1 Å². The molecule has 0 amide bonds. The summed E-state index contributed by atoms with van der Waals surface area (Å²) < 4.78 is 5.17. The summed E-state index contributed by atoms with van der Waals surface area (Å²) in [6.45, 7) is 3.03. The average Bonchev–Trinajstić information content (AvgIpc) is 2.70. The van der Waals surface area contributed by atoms with Crippen molar-refractivity contribution < 1.29 is 4.74 Å². The van der Waals surface area contributed by atoms with E-state index in [0.29, 0.717) is 5.69 Å². The van der Waals surface area contributed by atoms with E-state index in [-0.39, 0.29) is 6.04 Å². The van der Waals surface area contributed by atoms with Gasteiger partial charge in [0.25, 0.3) is 0 Å². The fraction of sp³-hybridized carbons (Fsp3) is 0.333. The number of nitriles is 2. The smallest absolute Gasteiger partial charge is 0.163 e. The van der Waals surface area contributed by atoms with Crippen molar-refractivity contribution in [2.24, 2.45) is 0 Å². The van der Waals surface area contributed by atoms with Crippen LogP contribution in [0.1, 0.15) is 17.3 Å². The summed E-state index contributed by atoms with van der Waals surface area (Å²) in [6.07, 6.45) is 0. The highest BCUT2D eigenvalue weighted by atomic mass is 16.5. The summed E-state index contributed by atoms with van der Waals surface area (Å²) in [6, 6.07) is 15.2. The summed E-state index contributed by atoms with van der Waals surface area (Å²) in [5.74, 6) is 1.54. The molecule has 0 N–H and O–H groups in total. The first kappa shape index (κ1) is 16.7. The molecule has 126 valence electrons. The number of rotatable bonds is 4. The van der Waals surface area contributed by atoms with Gasteiger partial charge in [0, 0.05) is 26.2 Å². The van der Waals surface area contributed by atoms with Gasteiger partial charge in [-0.15, -0.1) is 10.2 Å². The van der Waals surface area contributed by atoms with Crippen LogP contribution in [-0.2, 0) is 0 Å². The quantitative estimate of drug-likeness (QED) is 0.841. The SMILES string of the molecule is COc1ccc(C(C#N)N2CCN(c3ccc(C#N)nn3)CC2)cc1. The van der Waals surface area contributed by atoms with Crippen LogP contribution in [0.25, 0.3) is 0 Å². The molecule has 0 radical (unpaired) electrons.